The summed E-state index contributed by atoms with van der Waals surface area (Å²) in [5.74, 6) is -0.474. The maximum Gasteiger partial charge on any atom is 0.416 e. The van der Waals surface area contributed by atoms with Gasteiger partial charge in [0.05, 0.1) is 11.1 Å². The fraction of sp³-hybridized carbons (Fsp3) is 0.345. The van der Waals surface area contributed by atoms with Crippen molar-refractivity contribution in [1.29, 1.82) is 0 Å². The zero-order valence-electron chi connectivity index (χ0n) is 21.3. The molecular weight excluding hydrogens is 520 g/mol. The zero-order valence-corrected chi connectivity index (χ0v) is 21.3. The van der Waals surface area contributed by atoms with E-state index in [0.29, 0.717) is 31.8 Å². The molecule has 1 atom stereocenters. The molecule has 1 amide bonds. The molecule has 4 nitrogen and oxygen atoms in total. The molecule has 0 saturated carbocycles. The van der Waals surface area contributed by atoms with Gasteiger partial charge in [0.15, 0.2) is 0 Å². The second-order valence-corrected chi connectivity index (χ2v) is 9.74. The molecule has 1 N–H and O–H groups in total. The maximum absolute atomic E-state index is 13.3. The third kappa shape index (κ3) is 7.39. The van der Waals surface area contributed by atoms with Gasteiger partial charge in [0.1, 0.15) is 6.04 Å². The topological polar surface area (TPSA) is 35.6 Å². The van der Waals surface area contributed by atoms with Crippen molar-refractivity contribution in [3.8, 4) is 0 Å². The molecule has 208 valence electrons. The SMILES string of the molecule is CN(CCc1ccccc1)CCN1Cc2ccccc2C1C(=O)NCc1cc(C(F)(F)F)cc(C(F)(F)F)c1. The Morgan fingerprint density at radius 1 is 0.872 bits per heavy atom. The van der Waals surface area contributed by atoms with E-state index in [0.717, 1.165) is 24.1 Å². The molecule has 3 aromatic rings. The summed E-state index contributed by atoms with van der Waals surface area (Å²) in [6.45, 7) is 2.10. The number of hydrogen-bond donors (Lipinski definition) is 1. The van der Waals surface area contributed by atoms with Crippen molar-refractivity contribution in [3.63, 3.8) is 0 Å². The lowest BCUT2D eigenvalue weighted by molar-refractivity contribution is -0.143. The molecular formula is C29H29F6N3O. The van der Waals surface area contributed by atoms with Gasteiger partial charge in [0, 0.05) is 32.7 Å². The first-order valence-electron chi connectivity index (χ1n) is 12.5. The molecule has 0 saturated heterocycles. The van der Waals surface area contributed by atoms with Crippen LogP contribution in [0, 0.1) is 0 Å². The van der Waals surface area contributed by atoms with Crippen LogP contribution < -0.4 is 5.32 Å². The number of likely N-dealkylation sites (N-methyl/N-ethyl adjacent to an activating group) is 1. The Hall–Kier alpha value is -3.37. The summed E-state index contributed by atoms with van der Waals surface area (Å²) in [6, 6.07) is 18.1. The highest BCUT2D eigenvalue weighted by atomic mass is 19.4. The molecule has 0 fully saturated rings. The number of nitrogens with zero attached hydrogens (tertiary/aromatic N) is 2. The van der Waals surface area contributed by atoms with Crippen LogP contribution in [0.4, 0.5) is 26.3 Å². The van der Waals surface area contributed by atoms with Gasteiger partial charge in [-0.25, -0.2) is 0 Å². The average molecular weight is 550 g/mol. The van der Waals surface area contributed by atoms with Gasteiger partial charge in [0.25, 0.3) is 0 Å². The molecule has 4 rings (SSSR count). The van der Waals surface area contributed by atoms with Crippen LogP contribution in [0.5, 0.6) is 0 Å². The maximum atomic E-state index is 13.3. The average Bonchev–Trinajstić information content (AvgIpc) is 3.27. The van der Waals surface area contributed by atoms with Gasteiger partial charge in [-0.1, -0.05) is 54.6 Å². The summed E-state index contributed by atoms with van der Waals surface area (Å²) < 4.78 is 79.4. The van der Waals surface area contributed by atoms with Crippen LogP contribution in [0.3, 0.4) is 0 Å². The Morgan fingerprint density at radius 2 is 1.49 bits per heavy atom. The number of nitrogens with one attached hydrogen (secondary N) is 1. The number of benzene rings is 3. The van der Waals surface area contributed by atoms with E-state index in [4.69, 9.17) is 0 Å². The third-order valence-corrected chi connectivity index (χ3v) is 6.84. The number of hydrogen-bond acceptors (Lipinski definition) is 3. The van der Waals surface area contributed by atoms with Crippen LogP contribution in [0.15, 0.2) is 72.8 Å². The Bertz CT molecular complexity index is 1240. The summed E-state index contributed by atoms with van der Waals surface area (Å²) in [5.41, 5.74) is -0.131. The van der Waals surface area contributed by atoms with E-state index in [-0.39, 0.29) is 11.6 Å². The van der Waals surface area contributed by atoms with Crippen LogP contribution in [0.2, 0.25) is 0 Å². The van der Waals surface area contributed by atoms with Gasteiger partial charge in [-0.3, -0.25) is 9.69 Å². The minimum Gasteiger partial charge on any atom is -0.350 e. The number of fused-ring (bicyclic) bond motifs is 1. The fourth-order valence-electron chi connectivity index (χ4n) is 4.75. The van der Waals surface area contributed by atoms with Gasteiger partial charge in [-0.05, 0) is 53.9 Å². The Balaban J connectivity index is 1.44. The van der Waals surface area contributed by atoms with E-state index in [1.165, 1.54) is 5.56 Å². The lowest BCUT2D eigenvalue weighted by Gasteiger charge is -2.27. The highest BCUT2D eigenvalue weighted by Gasteiger charge is 2.38. The minimum absolute atomic E-state index is 0.0779. The predicted octanol–water partition coefficient (Wildman–Crippen LogP) is 6.07. The predicted molar refractivity (Wildman–Crippen MR) is 136 cm³/mol. The summed E-state index contributed by atoms with van der Waals surface area (Å²) in [7, 11) is 1.99. The van der Waals surface area contributed by atoms with Crippen LogP contribution in [-0.2, 0) is 36.7 Å². The van der Waals surface area contributed by atoms with Crippen molar-refractivity contribution in [3.05, 3.63) is 106 Å². The molecule has 0 aliphatic carbocycles. The van der Waals surface area contributed by atoms with Gasteiger partial charge in [-0.15, -0.1) is 0 Å². The summed E-state index contributed by atoms with van der Waals surface area (Å²) in [4.78, 5) is 17.4. The number of amides is 1. The highest BCUT2D eigenvalue weighted by molar-refractivity contribution is 5.84. The molecule has 3 aromatic carbocycles. The molecule has 10 heteroatoms. The van der Waals surface area contributed by atoms with Gasteiger partial charge in [0.2, 0.25) is 5.91 Å². The van der Waals surface area contributed by atoms with Crippen molar-refractivity contribution in [2.45, 2.75) is 37.9 Å². The largest absolute Gasteiger partial charge is 0.416 e. The van der Waals surface area contributed by atoms with Crippen LogP contribution in [0.25, 0.3) is 0 Å². The monoisotopic (exact) mass is 549 g/mol. The molecule has 1 aliphatic rings. The van der Waals surface area contributed by atoms with E-state index in [2.05, 4.69) is 22.3 Å². The number of halogens is 6. The zero-order chi connectivity index (χ0) is 28.2. The summed E-state index contributed by atoms with van der Waals surface area (Å²) in [5, 5.41) is 2.57. The van der Waals surface area contributed by atoms with Gasteiger partial charge < -0.3 is 10.2 Å². The van der Waals surface area contributed by atoms with Crippen molar-refractivity contribution < 1.29 is 31.1 Å². The molecule has 0 aromatic heterocycles. The van der Waals surface area contributed by atoms with Crippen molar-refractivity contribution >= 4 is 5.91 Å². The van der Waals surface area contributed by atoms with Gasteiger partial charge in [-0.2, -0.15) is 26.3 Å². The lowest BCUT2D eigenvalue weighted by Crippen LogP contribution is -2.40. The Kier molecular flexibility index (Phi) is 8.66. The van der Waals surface area contributed by atoms with Crippen LogP contribution >= 0.6 is 0 Å². The van der Waals surface area contributed by atoms with E-state index in [1.54, 1.807) is 6.07 Å². The molecule has 39 heavy (non-hydrogen) atoms. The Labute approximate surface area is 223 Å². The van der Waals surface area contributed by atoms with Crippen molar-refractivity contribution in [2.75, 3.05) is 26.7 Å². The second-order valence-electron chi connectivity index (χ2n) is 9.74. The van der Waals surface area contributed by atoms with E-state index in [9.17, 15) is 31.1 Å². The van der Waals surface area contributed by atoms with Crippen LogP contribution in [0.1, 0.15) is 39.4 Å². The molecule has 1 unspecified atom stereocenters. The number of carbonyl (C=O) groups excluding carboxylic acids is 1. The fourth-order valence-corrected chi connectivity index (χ4v) is 4.75. The van der Waals surface area contributed by atoms with E-state index in [1.807, 2.05) is 48.3 Å². The summed E-state index contributed by atoms with van der Waals surface area (Å²) in [6.07, 6.45) is -9.03. The normalized spacial score (nSPS) is 15.9. The van der Waals surface area contributed by atoms with Crippen molar-refractivity contribution in [2.24, 2.45) is 0 Å². The minimum atomic E-state index is -4.95. The highest BCUT2D eigenvalue weighted by Crippen LogP contribution is 2.37. The molecule has 0 radical (unpaired) electrons. The van der Waals surface area contributed by atoms with Crippen LogP contribution in [-0.4, -0.2) is 42.4 Å². The lowest BCUT2D eigenvalue weighted by atomic mass is 10.0. The smallest absolute Gasteiger partial charge is 0.350 e. The van der Waals surface area contributed by atoms with Crippen molar-refractivity contribution in [1.82, 2.24) is 15.1 Å². The first kappa shape index (κ1) is 28.6. The molecule has 1 aliphatic heterocycles. The summed E-state index contributed by atoms with van der Waals surface area (Å²) >= 11 is 0. The standard InChI is InChI=1S/C29H29F6N3O/c1-37(12-11-20-7-3-2-4-8-20)13-14-38-19-22-9-5-6-10-25(22)26(38)27(39)36-18-21-15-23(28(30,31)32)17-24(16-21)29(33,34)35/h2-10,15-17,26H,11-14,18-19H2,1H3,(H,36,39). The number of carbonyl (C=O) groups is 1. The third-order valence-electron chi connectivity index (χ3n) is 6.84. The molecule has 0 bridgehead atoms. The number of alkyl halides is 6. The van der Waals surface area contributed by atoms with Gasteiger partial charge >= 0.3 is 12.4 Å². The van der Waals surface area contributed by atoms with E-state index >= 15 is 0 Å². The second kappa shape index (κ2) is 11.8. The molecule has 0 spiro atoms. The quantitative estimate of drug-likeness (QED) is 0.329. The Morgan fingerprint density at radius 3 is 2.13 bits per heavy atom. The first-order valence-corrected chi connectivity index (χ1v) is 12.5. The first-order chi connectivity index (χ1) is 18.4. The number of rotatable bonds is 9. The van der Waals surface area contributed by atoms with E-state index < -0.39 is 42.0 Å². The molecule has 1 heterocycles.